The summed E-state index contributed by atoms with van der Waals surface area (Å²) in [6.07, 6.45) is -8.15. The molecular weight excluding hydrogens is 447 g/mol. The van der Waals surface area contributed by atoms with Crippen LogP contribution in [0.25, 0.3) is 0 Å². The van der Waals surface area contributed by atoms with Crippen molar-refractivity contribution in [3.63, 3.8) is 0 Å². The number of aliphatic imine (C=N–C) groups is 1. The molecule has 4 atom stereocenters. The van der Waals surface area contributed by atoms with Crippen LogP contribution in [-0.4, -0.2) is 74.1 Å². The summed E-state index contributed by atoms with van der Waals surface area (Å²) in [6.45, 7) is 2.53. The SMILES string of the molecule is CN=C(N(C)C(C)NC(=O)[C@@H]1C[C@@H](F)[C@H](C)N1S(=O)(=O)c1ccc(F)cc1)C(F)(F)F. The monoisotopic (exact) mass is 470 g/mol. The molecule has 0 radical (unpaired) electrons. The maximum atomic E-state index is 14.4. The van der Waals surface area contributed by atoms with Gasteiger partial charge in [-0.15, -0.1) is 0 Å². The molecule has 1 fully saturated rings. The third-order valence-electron chi connectivity index (χ3n) is 5.10. The van der Waals surface area contributed by atoms with Crippen LogP contribution in [0.3, 0.4) is 0 Å². The highest BCUT2D eigenvalue weighted by molar-refractivity contribution is 7.89. The Kier molecular flexibility index (Phi) is 7.31. The topological polar surface area (TPSA) is 82.1 Å². The molecule has 1 saturated heterocycles. The van der Waals surface area contributed by atoms with Gasteiger partial charge in [-0.25, -0.2) is 17.2 Å². The third kappa shape index (κ3) is 5.14. The van der Waals surface area contributed by atoms with Crippen LogP contribution < -0.4 is 5.32 Å². The predicted molar refractivity (Wildman–Crippen MR) is 103 cm³/mol. The number of carbonyl (C=O) groups excluding carboxylic acids is 1. The van der Waals surface area contributed by atoms with Gasteiger partial charge in [0.25, 0.3) is 0 Å². The van der Waals surface area contributed by atoms with E-state index in [2.05, 4.69) is 10.3 Å². The normalized spacial score (nSPS) is 24.2. The Morgan fingerprint density at radius 3 is 2.32 bits per heavy atom. The van der Waals surface area contributed by atoms with Crippen molar-refractivity contribution in [3.8, 4) is 0 Å². The van der Waals surface area contributed by atoms with Crippen molar-refractivity contribution in [2.75, 3.05) is 14.1 Å². The molecule has 2 rings (SSSR count). The van der Waals surface area contributed by atoms with Gasteiger partial charge in [0.2, 0.25) is 21.8 Å². The molecule has 174 valence electrons. The second-order valence-electron chi connectivity index (χ2n) is 7.14. The lowest BCUT2D eigenvalue weighted by Crippen LogP contribution is -2.55. The van der Waals surface area contributed by atoms with Gasteiger partial charge in [0.15, 0.2) is 0 Å². The van der Waals surface area contributed by atoms with E-state index in [4.69, 9.17) is 0 Å². The van der Waals surface area contributed by atoms with Crippen molar-refractivity contribution in [2.24, 2.45) is 4.99 Å². The lowest BCUT2D eigenvalue weighted by molar-refractivity contribution is -0.126. The van der Waals surface area contributed by atoms with Crippen molar-refractivity contribution >= 4 is 21.8 Å². The second-order valence-corrected chi connectivity index (χ2v) is 8.98. The fourth-order valence-corrected chi connectivity index (χ4v) is 5.17. The van der Waals surface area contributed by atoms with E-state index >= 15 is 0 Å². The molecule has 0 aliphatic carbocycles. The number of nitrogens with one attached hydrogen (secondary N) is 1. The zero-order valence-corrected chi connectivity index (χ0v) is 18.0. The zero-order chi connectivity index (χ0) is 23.7. The van der Waals surface area contributed by atoms with E-state index in [0.29, 0.717) is 9.21 Å². The van der Waals surface area contributed by atoms with Crippen LogP contribution in [0.1, 0.15) is 20.3 Å². The Morgan fingerprint density at radius 2 is 1.84 bits per heavy atom. The van der Waals surface area contributed by atoms with Gasteiger partial charge in [0.1, 0.15) is 18.0 Å². The quantitative estimate of drug-likeness (QED) is 0.310. The van der Waals surface area contributed by atoms with Crippen LogP contribution in [0.5, 0.6) is 0 Å². The zero-order valence-electron chi connectivity index (χ0n) is 17.2. The van der Waals surface area contributed by atoms with Crippen LogP contribution in [0, 0.1) is 5.82 Å². The summed E-state index contributed by atoms with van der Waals surface area (Å²) in [5, 5.41) is 2.29. The minimum atomic E-state index is -4.77. The summed E-state index contributed by atoms with van der Waals surface area (Å²) in [5.41, 5.74) is 0. The average Bonchev–Trinajstić information content (AvgIpc) is 2.97. The van der Waals surface area contributed by atoms with Gasteiger partial charge in [-0.1, -0.05) is 0 Å². The lowest BCUT2D eigenvalue weighted by atomic mass is 10.1. The number of amides is 1. The molecule has 13 heteroatoms. The molecule has 1 amide bonds. The van der Waals surface area contributed by atoms with Crippen molar-refractivity contribution in [1.29, 1.82) is 0 Å². The van der Waals surface area contributed by atoms with E-state index in [1.807, 2.05) is 0 Å². The highest BCUT2D eigenvalue weighted by Gasteiger charge is 2.49. The van der Waals surface area contributed by atoms with Crippen LogP contribution in [-0.2, 0) is 14.8 Å². The number of amidine groups is 1. The molecule has 0 aromatic heterocycles. The molecule has 1 N–H and O–H groups in total. The Balaban J connectivity index is 2.29. The Morgan fingerprint density at radius 1 is 1.29 bits per heavy atom. The average molecular weight is 470 g/mol. The number of benzene rings is 1. The first-order valence-electron chi connectivity index (χ1n) is 9.22. The van der Waals surface area contributed by atoms with E-state index < -0.39 is 64.6 Å². The number of halogens is 5. The first-order chi connectivity index (χ1) is 14.2. The standard InChI is InChI=1S/C18H23F5N4O3S/c1-10-14(20)9-15(27(10)31(29,30)13-7-5-12(19)6-8-13)16(28)25-11(2)26(4)17(24-3)18(21,22)23/h5-8,10-11,14-15H,9H2,1-4H3,(H,25,28)/t10-,11?,14+,15-/m0/s1. The predicted octanol–water partition coefficient (Wildman–Crippen LogP) is 2.30. The molecule has 1 aliphatic rings. The highest BCUT2D eigenvalue weighted by atomic mass is 32.2. The summed E-state index contributed by atoms with van der Waals surface area (Å²) in [7, 11) is -2.38. The summed E-state index contributed by atoms with van der Waals surface area (Å²) in [5.74, 6) is -2.89. The van der Waals surface area contributed by atoms with Crippen LogP contribution in [0.15, 0.2) is 34.2 Å². The summed E-state index contributed by atoms with van der Waals surface area (Å²) >= 11 is 0. The molecule has 0 bridgehead atoms. The van der Waals surface area contributed by atoms with E-state index in [9.17, 15) is 35.2 Å². The molecular formula is C18H23F5N4O3S. The summed E-state index contributed by atoms with van der Waals surface area (Å²) in [4.78, 5) is 16.3. The fourth-order valence-electron chi connectivity index (χ4n) is 3.36. The minimum absolute atomic E-state index is 0.338. The number of hydrogen-bond donors (Lipinski definition) is 1. The number of hydrogen-bond acceptors (Lipinski definition) is 4. The van der Waals surface area contributed by atoms with E-state index in [1.165, 1.54) is 13.8 Å². The molecule has 1 aromatic carbocycles. The molecule has 0 saturated carbocycles. The van der Waals surface area contributed by atoms with Crippen molar-refractivity contribution in [2.45, 2.75) is 55.8 Å². The van der Waals surface area contributed by atoms with Gasteiger partial charge in [-0.2, -0.15) is 17.5 Å². The third-order valence-corrected chi connectivity index (χ3v) is 7.11. The highest BCUT2D eigenvalue weighted by Crippen LogP contribution is 2.33. The van der Waals surface area contributed by atoms with E-state index in [0.717, 1.165) is 38.4 Å². The van der Waals surface area contributed by atoms with E-state index in [-0.39, 0.29) is 4.90 Å². The molecule has 7 nitrogen and oxygen atoms in total. The molecule has 31 heavy (non-hydrogen) atoms. The molecule has 0 spiro atoms. The largest absolute Gasteiger partial charge is 0.449 e. The molecule has 1 aromatic rings. The Labute approximate surface area is 177 Å². The number of sulfonamides is 1. The number of rotatable bonds is 5. The second kappa shape index (κ2) is 9.07. The van der Waals surface area contributed by atoms with Crippen molar-refractivity contribution < 1.29 is 35.2 Å². The van der Waals surface area contributed by atoms with Gasteiger partial charge in [-0.05, 0) is 38.1 Å². The van der Waals surface area contributed by atoms with Gasteiger partial charge >= 0.3 is 6.18 Å². The van der Waals surface area contributed by atoms with Crippen LogP contribution in [0.2, 0.25) is 0 Å². The Hall–Kier alpha value is -2.28. The number of nitrogens with zero attached hydrogens (tertiary/aromatic N) is 3. The van der Waals surface area contributed by atoms with Crippen LogP contribution in [0.4, 0.5) is 22.0 Å². The minimum Gasteiger partial charge on any atom is -0.336 e. The molecule has 1 aliphatic heterocycles. The lowest BCUT2D eigenvalue weighted by Gasteiger charge is -2.32. The maximum Gasteiger partial charge on any atom is 0.449 e. The Bertz CT molecular complexity index is 937. The summed E-state index contributed by atoms with van der Waals surface area (Å²) < 4.78 is 93.4. The van der Waals surface area contributed by atoms with Crippen molar-refractivity contribution in [3.05, 3.63) is 30.1 Å². The smallest absolute Gasteiger partial charge is 0.336 e. The van der Waals surface area contributed by atoms with Crippen LogP contribution >= 0.6 is 0 Å². The summed E-state index contributed by atoms with van der Waals surface area (Å²) in [6, 6.07) is 1.10. The fraction of sp³-hybridized carbons (Fsp3) is 0.556. The molecule has 1 heterocycles. The van der Waals surface area contributed by atoms with Crippen molar-refractivity contribution in [1.82, 2.24) is 14.5 Å². The number of carbonyl (C=O) groups is 1. The van der Waals surface area contributed by atoms with Gasteiger partial charge in [0.05, 0.1) is 17.1 Å². The maximum absolute atomic E-state index is 14.4. The van der Waals surface area contributed by atoms with Gasteiger partial charge < -0.3 is 10.2 Å². The first kappa shape index (κ1) is 25.0. The molecule has 1 unspecified atom stereocenters. The first-order valence-corrected chi connectivity index (χ1v) is 10.7. The van der Waals surface area contributed by atoms with Gasteiger partial charge in [-0.3, -0.25) is 9.79 Å². The van der Waals surface area contributed by atoms with E-state index in [1.54, 1.807) is 0 Å². The van der Waals surface area contributed by atoms with Gasteiger partial charge in [0, 0.05) is 20.5 Å². The number of alkyl halides is 4.